The van der Waals surface area contributed by atoms with Gasteiger partial charge in [-0.25, -0.2) is 17.1 Å². The van der Waals surface area contributed by atoms with Crippen LogP contribution in [-0.4, -0.2) is 102 Å². The number of phenols is 1. The van der Waals surface area contributed by atoms with Crippen molar-refractivity contribution < 1.29 is 37.4 Å². The highest BCUT2D eigenvalue weighted by atomic mass is 32.2. The first-order valence-corrected chi connectivity index (χ1v) is 16.8. The SMILES string of the molecule is CCC1C(C(=O)O)CCCN1C(=O)C1CN(CCN(C)S(C)(=O)=O)CC(C(=O)c2cccc(O)c2)C1c1cccc(F)c1C. The van der Waals surface area contributed by atoms with Gasteiger partial charge in [-0.1, -0.05) is 31.2 Å². The molecule has 12 heteroatoms. The van der Waals surface area contributed by atoms with Crippen molar-refractivity contribution in [1.29, 1.82) is 0 Å². The van der Waals surface area contributed by atoms with Crippen molar-refractivity contribution in [3.05, 3.63) is 65.0 Å². The van der Waals surface area contributed by atoms with Gasteiger partial charge in [-0.2, -0.15) is 0 Å². The molecule has 2 aliphatic rings. The zero-order valence-electron chi connectivity index (χ0n) is 25.6. The quantitative estimate of drug-likeness (QED) is 0.382. The molecule has 1 amide bonds. The fourth-order valence-corrected chi connectivity index (χ4v) is 7.29. The minimum atomic E-state index is -3.48. The number of benzene rings is 2. The maximum atomic E-state index is 15.0. The highest BCUT2D eigenvalue weighted by molar-refractivity contribution is 7.88. The Morgan fingerprint density at radius 3 is 2.39 bits per heavy atom. The standard InChI is InChI=1S/C32H42FN3O7S/c1-5-28-24(32(40)41)12-8-14-36(28)31(39)26-19-35(16-15-34(3)44(4,42)43)18-25(30(38)21-9-6-10-22(37)17-21)29(26)23-11-7-13-27(33)20(23)2/h6-7,9-11,13,17,24-26,28-29,37H,5,8,12,14-16,18-19H2,1-4H3,(H,40,41). The number of likely N-dealkylation sites (N-methyl/N-ethyl adjacent to an activating group) is 1. The first kappa shape index (κ1) is 33.5. The maximum Gasteiger partial charge on any atom is 0.308 e. The number of phenolic OH excluding ortho intramolecular Hbond substituents is 1. The molecular weight excluding hydrogens is 589 g/mol. The molecule has 2 heterocycles. The lowest BCUT2D eigenvalue weighted by Crippen LogP contribution is -2.58. The normalized spacial score (nSPS) is 24.8. The molecule has 2 aromatic carbocycles. The van der Waals surface area contributed by atoms with Crippen molar-refractivity contribution in [3.63, 3.8) is 0 Å². The smallest absolute Gasteiger partial charge is 0.308 e. The Hall–Kier alpha value is -3.35. The minimum absolute atomic E-state index is 0.0942. The Kier molecular flexibility index (Phi) is 10.5. The number of sulfonamides is 1. The number of hydrogen-bond donors (Lipinski definition) is 2. The number of aliphatic carboxylic acids is 1. The van der Waals surface area contributed by atoms with Crippen molar-refractivity contribution in [2.24, 2.45) is 17.8 Å². The van der Waals surface area contributed by atoms with E-state index in [2.05, 4.69) is 0 Å². The molecule has 0 bridgehead atoms. The van der Waals surface area contributed by atoms with Gasteiger partial charge in [0.05, 0.1) is 18.1 Å². The molecule has 0 aromatic heterocycles. The van der Waals surface area contributed by atoms with Crippen LogP contribution >= 0.6 is 0 Å². The van der Waals surface area contributed by atoms with Crippen LogP contribution in [0.5, 0.6) is 5.75 Å². The Morgan fingerprint density at radius 2 is 1.75 bits per heavy atom. The van der Waals surface area contributed by atoms with Crippen molar-refractivity contribution in [2.75, 3.05) is 46.0 Å². The predicted molar refractivity (Wildman–Crippen MR) is 163 cm³/mol. The first-order valence-electron chi connectivity index (χ1n) is 15.0. The fraction of sp³-hybridized carbons (Fsp3) is 0.531. The van der Waals surface area contributed by atoms with E-state index in [4.69, 9.17) is 0 Å². The number of nitrogens with zero attached hydrogens (tertiary/aromatic N) is 3. The number of carbonyl (C=O) groups is 3. The molecule has 2 N–H and O–H groups in total. The molecule has 0 spiro atoms. The number of halogens is 1. The summed E-state index contributed by atoms with van der Waals surface area (Å²) in [6.07, 6.45) is 2.52. The van der Waals surface area contributed by atoms with E-state index in [-0.39, 0.29) is 49.2 Å². The van der Waals surface area contributed by atoms with Gasteiger partial charge in [0, 0.05) is 63.2 Å². The lowest BCUT2D eigenvalue weighted by atomic mass is 9.69. The first-order chi connectivity index (χ1) is 20.7. The summed E-state index contributed by atoms with van der Waals surface area (Å²) in [7, 11) is -2.02. The number of hydrogen-bond acceptors (Lipinski definition) is 7. The van der Waals surface area contributed by atoms with Crippen LogP contribution in [0.25, 0.3) is 0 Å². The summed E-state index contributed by atoms with van der Waals surface area (Å²) in [6, 6.07) is 10.0. The van der Waals surface area contributed by atoms with Gasteiger partial charge in [-0.15, -0.1) is 0 Å². The largest absolute Gasteiger partial charge is 0.508 e. The lowest BCUT2D eigenvalue weighted by molar-refractivity contribution is -0.152. The third-order valence-electron chi connectivity index (χ3n) is 9.32. The van der Waals surface area contributed by atoms with Gasteiger partial charge >= 0.3 is 5.97 Å². The fourth-order valence-electron chi connectivity index (χ4n) is 6.88. The monoisotopic (exact) mass is 631 g/mol. The van der Waals surface area contributed by atoms with Gasteiger partial charge in [0.1, 0.15) is 11.6 Å². The summed E-state index contributed by atoms with van der Waals surface area (Å²) in [5.74, 6) is -5.32. The van der Waals surface area contributed by atoms with Crippen molar-refractivity contribution in [2.45, 2.75) is 45.1 Å². The lowest BCUT2D eigenvalue weighted by Gasteiger charge is -2.47. The van der Waals surface area contributed by atoms with Crippen molar-refractivity contribution >= 4 is 27.7 Å². The van der Waals surface area contributed by atoms with Crippen LogP contribution in [-0.2, 0) is 19.6 Å². The summed E-state index contributed by atoms with van der Waals surface area (Å²) in [5.41, 5.74) is 1.09. The third kappa shape index (κ3) is 7.13. The molecule has 0 saturated carbocycles. The van der Waals surface area contributed by atoms with Crippen LogP contribution in [0.15, 0.2) is 42.5 Å². The van der Waals surface area contributed by atoms with Crippen LogP contribution in [0.1, 0.15) is 53.6 Å². The molecule has 10 nitrogen and oxygen atoms in total. The predicted octanol–water partition coefficient (Wildman–Crippen LogP) is 3.35. The number of aromatic hydroxyl groups is 1. The molecule has 2 aliphatic heterocycles. The van der Waals surface area contributed by atoms with E-state index in [9.17, 15) is 33.0 Å². The second-order valence-electron chi connectivity index (χ2n) is 12.0. The van der Waals surface area contributed by atoms with E-state index in [1.807, 2.05) is 11.8 Å². The number of ketones is 1. The molecule has 4 rings (SSSR count). The molecule has 5 atom stereocenters. The van der Waals surface area contributed by atoms with Crippen LogP contribution < -0.4 is 0 Å². The number of carboxylic acids is 1. The zero-order chi connectivity index (χ0) is 32.3. The molecule has 240 valence electrons. The number of rotatable bonds is 10. The van der Waals surface area contributed by atoms with Crippen LogP contribution in [0.4, 0.5) is 4.39 Å². The number of amides is 1. The van der Waals surface area contributed by atoms with Crippen molar-refractivity contribution in [1.82, 2.24) is 14.1 Å². The highest BCUT2D eigenvalue weighted by Gasteiger charge is 2.48. The maximum absolute atomic E-state index is 15.0. The molecule has 2 aromatic rings. The average molecular weight is 632 g/mol. The Balaban J connectivity index is 1.83. The third-order valence-corrected chi connectivity index (χ3v) is 10.6. The van der Waals surface area contributed by atoms with Gasteiger partial charge in [-0.3, -0.25) is 14.4 Å². The average Bonchev–Trinajstić information content (AvgIpc) is 2.99. The Morgan fingerprint density at radius 1 is 1.07 bits per heavy atom. The van der Waals surface area contributed by atoms with E-state index >= 15 is 4.39 Å². The summed E-state index contributed by atoms with van der Waals surface area (Å²) in [5, 5.41) is 20.1. The summed E-state index contributed by atoms with van der Waals surface area (Å²) in [4.78, 5) is 44.5. The topological polar surface area (TPSA) is 136 Å². The van der Waals surface area contributed by atoms with Crippen molar-refractivity contribution in [3.8, 4) is 5.75 Å². The molecule has 2 saturated heterocycles. The van der Waals surface area contributed by atoms with Gasteiger partial charge in [-0.05, 0) is 55.5 Å². The van der Waals surface area contributed by atoms with Crippen LogP contribution in [0.3, 0.4) is 0 Å². The van der Waals surface area contributed by atoms with E-state index in [0.717, 1.165) is 6.26 Å². The zero-order valence-corrected chi connectivity index (χ0v) is 26.5. The number of carbonyl (C=O) groups excluding carboxylic acids is 2. The Labute approximate surface area is 258 Å². The summed E-state index contributed by atoms with van der Waals surface area (Å²) >= 11 is 0. The summed E-state index contributed by atoms with van der Waals surface area (Å²) < 4.78 is 40.5. The number of piperidine rings is 2. The van der Waals surface area contributed by atoms with Crippen LogP contribution in [0.2, 0.25) is 0 Å². The van der Waals surface area contributed by atoms with Gasteiger partial charge in [0.15, 0.2) is 5.78 Å². The molecule has 0 aliphatic carbocycles. The van der Waals surface area contributed by atoms with E-state index < -0.39 is 51.5 Å². The number of Topliss-reactive ketones (excluding diaryl/α,β-unsaturated/α-hetero) is 1. The van der Waals surface area contributed by atoms with Gasteiger partial charge in [0.2, 0.25) is 15.9 Å². The highest BCUT2D eigenvalue weighted by Crippen LogP contribution is 2.43. The molecule has 2 fully saturated rings. The second kappa shape index (κ2) is 13.7. The molecule has 0 radical (unpaired) electrons. The van der Waals surface area contributed by atoms with E-state index in [0.29, 0.717) is 36.9 Å². The Bertz CT molecular complexity index is 1500. The minimum Gasteiger partial charge on any atom is -0.508 e. The molecular formula is C32H42FN3O7S. The van der Waals surface area contributed by atoms with E-state index in [1.54, 1.807) is 36.1 Å². The summed E-state index contributed by atoms with van der Waals surface area (Å²) in [6.45, 7) is 4.54. The molecule has 5 unspecified atom stereocenters. The second-order valence-corrected chi connectivity index (χ2v) is 14.1. The molecule has 44 heavy (non-hydrogen) atoms. The van der Waals surface area contributed by atoms with Gasteiger partial charge < -0.3 is 20.0 Å². The van der Waals surface area contributed by atoms with Gasteiger partial charge in [0.25, 0.3) is 0 Å². The van der Waals surface area contributed by atoms with E-state index in [1.165, 1.54) is 29.6 Å². The number of carboxylic acid groups (broad SMARTS) is 1. The number of likely N-dealkylation sites (tertiary alicyclic amines) is 2. The van der Waals surface area contributed by atoms with Crippen LogP contribution in [0, 0.1) is 30.5 Å².